The Morgan fingerprint density at radius 1 is 0.642 bits per heavy atom. The number of likely N-dealkylation sites (N-methyl/N-ethyl adjacent to an activating group) is 6. The van der Waals surface area contributed by atoms with E-state index in [2.05, 4.69) is 16.0 Å². The van der Waals surface area contributed by atoms with Crippen molar-refractivity contribution in [2.45, 2.75) is 236 Å². The van der Waals surface area contributed by atoms with E-state index in [1.54, 1.807) is 24.8 Å². The van der Waals surface area contributed by atoms with Gasteiger partial charge in [0.2, 0.25) is 70.9 Å². The minimum atomic E-state index is -4.78. The molecule has 11 rings (SSSR count). The van der Waals surface area contributed by atoms with Crippen LogP contribution in [-0.4, -0.2) is 270 Å². The van der Waals surface area contributed by atoms with Crippen molar-refractivity contribution in [2.24, 2.45) is 17.3 Å². The van der Waals surface area contributed by atoms with Crippen LogP contribution in [0.5, 0.6) is 5.75 Å². The van der Waals surface area contributed by atoms with E-state index < -0.39 is 185 Å². The minimum Gasteiger partial charge on any atom is -0.496 e. The zero-order valence-corrected chi connectivity index (χ0v) is 65.7. The third kappa shape index (κ3) is 19.9. The van der Waals surface area contributed by atoms with Gasteiger partial charge in [-0.1, -0.05) is 95.9 Å². The van der Waals surface area contributed by atoms with E-state index in [1.807, 2.05) is 51.1 Å². The number of fused-ring (bicyclic) bond motifs is 22. The number of hydrogen-bond donors (Lipinski definition) is 3. The smallest absolute Gasteiger partial charge is 0.419 e. The molecule has 0 radical (unpaired) electrons. The molecule has 2 saturated heterocycles. The SMILES string of the molecule is CCO[C@@H]1C[C@H]2C(=O)NC3(CC(C)(C)C3)C(=O)N(C)[C@@H](C3CCCC3)C(=O)N(C)[C@H](C(=O)N3CCCCC3)CC(=O)N(C)[C@H]3CCCCc4ccc(cc4)C[C@@H](C(=O)N(C)CC(=O)N[C@@H](CCc4ccc(C(F)(F)F)c(OC)c4)C(=O)N2C1)N1CC/C=C\C[C@@H](C1=O)N(C)C(=O)CN(C)C(=O)[C@H]([C@@H](C)CC)NC3=O. The number of benzene rings is 2. The van der Waals surface area contributed by atoms with Crippen LogP contribution in [0, 0.1) is 17.3 Å². The van der Waals surface area contributed by atoms with Gasteiger partial charge in [0.1, 0.15) is 59.6 Å². The Hall–Kier alpha value is -8.63. The molecular formula is C80H115F3N12O14. The first-order chi connectivity index (χ1) is 51.6. The van der Waals surface area contributed by atoms with Gasteiger partial charge in [0, 0.05) is 87.9 Å². The van der Waals surface area contributed by atoms with Crippen molar-refractivity contribution in [2.75, 3.05) is 95.3 Å². The standard InChI is InChI=1S/C80H115F3N12O14/c1-13-50(3)67-75(105)88(7)47-66(98)90(9)59-29-17-15-24-40-94(74(59)104)62-41-52-32-30-51(31-33-52)25-18-21-28-58(69(99)85-67)89(8)65(97)44-61(73(103)93-38-22-16-23-39-93)91(10)76(106)68(54-26-19-20-27-54)92(11)77(107)79(48-78(4,5)49-79)86-70(100)60-43-55(109-14-2)45-95(60)71(101)57(84-64(96)46-87(6)72(62)102)37-35-53-34-36-56(80(81,82)83)63(42-53)108-12/h15,17,30-34,36,42,50,54-55,57-62,67-68H,13-14,16,18-29,35,37-41,43-49H2,1-12H3,(H,84,96)(H,85,99)(H,86,100)/b17-15-/t50-,55+,57-,58-,59-,60-,61-,62-,67-,68-/m0/s1. The molecule has 10 atom stereocenters. The average Bonchev–Trinajstić information content (AvgIpc) is 1.27. The molecule has 4 fully saturated rings. The summed E-state index contributed by atoms with van der Waals surface area (Å²) in [5.74, 6) is -9.45. The van der Waals surface area contributed by atoms with E-state index in [1.165, 1.54) is 88.7 Å². The predicted octanol–water partition coefficient (Wildman–Crippen LogP) is 5.69. The summed E-state index contributed by atoms with van der Waals surface area (Å²) in [4.78, 5) is 197. The van der Waals surface area contributed by atoms with E-state index in [0.717, 1.165) is 42.9 Å². The number of alkyl halides is 3. The number of likely N-dealkylation sites (tertiary alicyclic amines) is 1. The van der Waals surface area contributed by atoms with Crippen molar-refractivity contribution in [3.63, 3.8) is 0 Å². The molecule has 29 heteroatoms. The molecule has 0 unspecified atom stereocenters. The number of carbonyl (C=O) groups is 12. The normalized spacial score (nSPS) is 27.8. The average molecular weight is 1530 g/mol. The number of methoxy groups -OCH3 is 1. The van der Waals surface area contributed by atoms with Crippen LogP contribution in [0.3, 0.4) is 0 Å². The molecule has 2 saturated carbocycles. The molecule has 9 aliphatic rings. The summed E-state index contributed by atoms with van der Waals surface area (Å²) in [5, 5.41) is 8.89. The van der Waals surface area contributed by atoms with E-state index in [9.17, 15) is 27.6 Å². The predicted molar refractivity (Wildman–Crippen MR) is 399 cm³/mol. The van der Waals surface area contributed by atoms with Crippen LogP contribution in [0.1, 0.15) is 172 Å². The lowest BCUT2D eigenvalue weighted by Gasteiger charge is -2.54. The Bertz CT molecular complexity index is 3680. The first-order valence-electron chi connectivity index (χ1n) is 39.1. The maximum atomic E-state index is 16.0. The zero-order valence-electron chi connectivity index (χ0n) is 65.7. The van der Waals surface area contributed by atoms with Crippen molar-refractivity contribution >= 4 is 70.9 Å². The molecule has 12 amide bonds. The molecule has 7 aliphatic heterocycles. The summed E-state index contributed by atoms with van der Waals surface area (Å²) in [6.45, 7) is 8.66. The molecule has 6 bridgehead atoms. The number of amides is 12. The zero-order chi connectivity index (χ0) is 79.6. The molecule has 2 aromatic carbocycles. The summed E-state index contributed by atoms with van der Waals surface area (Å²) in [6, 6.07) is 0.173. The van der Waals surface area contributed by atoms with Gasteiger partial charge in [-0.15, -0.1) is 0 Å². The maximum absolute atomic E-state index is 16.0. The fraction of sp³-hybridized carbons (Fsp3) is 0.675. The van der Waals surface area contributed by atoms with Crippen LogP contribution in [0.2, 0.25) is 0 Å². The number of carbonyl (C=O) groups excluding carboxylic acids is 12. The van der Waals surface area contributed by atoms with Crippen LogP contribution >= 0.6 is 0 Å². The third-order valence-electron chi connectivity index (χ3n) is 23.7. The van der Waals surface area contributed by atoms with Gasteiger partial charge in [-0.3, -0.25) is 57.5 Å². The van der Waals surface area contributed by atoms with Gasteiger partial charge in [0.05, 0.1) is 38.3 Å². The third-order valence-corrected chi connectivity index (χ3v) is 23.7. The number of aryl methyl sites for hydroxylation is 2. The summed E-state index contributed by atoms with van der Waals surface area (Å²) in [6.07, 6.45) is 3.99. The maximum Gasteiger partial charge on any atom is 0.419 e. The highest BCUT2D eigenvalue weighted by Gasteiger charge is 2.59. The van der Waals surface area contributed by atoms with Crippen LogP contribution in [0.25, 0.3) is 0 Å². The van der Waals surface area contributed by atoms with Crippen LogP contribution in [0.15, 0.2) is 54.6 Å². The van der Waals surface area contributed by atoms with Gasteiger partial charge in [-0.25, -0.2) is 0 Å². The number of ether oxygens (including phenoxy) is 2. The molecule has 2 aliphatic carbocycles. The minimum absolute atomic E-state index is 0.00374. The second-order valence-corrected chi connectivity index (χ2v) is 32.2. The lowest BCUT2D eigenvalue weighted by atomic mass is 9.58. The Kier molecular flexibility index (Phi) is 28.2. The number of halogens is 3. The fourth-order valence-electron chi connectivity index (χ4n) is 17.4. The van der Waals surface area contributed by atoms with Crippen molar-refractivity contribution in [1.29, 1.82) is 0 Å². The highest BCUT2D eigenvalue weighted by Crippen LogP contribution is 2.50. The Morgan fingerprint density at radius 3 is 1.94 bits per heavy atom. The second kappa shape index (κ2) is 36.5. The van der Waals surface area contributed by atoms with Gasteiger partial charge in [0.15, 0.2) is 0 Å². The second-order valence-electron chi connectivity index (χ2n) is 32.2. The van der Waals surface area contributed by atoms with Crippen LogP contribution in [-0.2, 0) is 87.7 Å². The molecule has 0 aromatic heterocycles. The largest absolute Gasteiger partial charge is 0.496 e. The van der Waals surface area contributed by atoms with Gasteiger partial charge >= 0.3 is 6.18 Å². The van der Waals surface area contributed by atoms with E-state index in [-0.39, 0.29) is 71.1 Å². The first-order valence-corrected chi connectivity index (χ1v) is 39.1. The van der Waals surface area contributed by atoms with Gasteiger partial charge in [-0.2, -0.15) is 13.2 Å². The topological polar surface area (TPSA) is 289 Å². The molecule has 7 heterocycles. The molecule has 109 heavy (non-hydrogen) atoms. The summed E-state index contributed by atoms with van der Waals surface area (Å²) in [7, 11) is 9.73. The van der Waals surface area contributed by atoms with Crippen LogP contribution < -0.4 is 20.7 Å². The van der Waals surface area contributed by atoms with Crippen LogP contribution in [0.4, 0.5) is 13.2 Å². The molecule has 3 N–H and O–H groups in total. The fourth-order valence-corrected chi connectivity index (χ4v) is 17.4. The highest BCUT2D eigenvalue weighted by molar-refractivity contribution is 6.01. The van der Waals surface area contributed by atoms with Gasteiger partial charge in [-0.05, 0) is 143 Å². The van der Waals surface area contributed by atoms with E-state index in [0.29, 0.717) is 82.0 Å². The number of piperidine rings is 1. The van der Waals surface area contributed by atoms with E-state index >= 15 is 43.2 Å². The summed E-state index contributed by atoms with van der Waals surface area (Å²) < 4.78 is 54.0. The highest BCUT2D eigenvalue weighted by atomic mass is 19.4. The first kappa shape index (κ1) is 84.4. The molecule has 600 valence electrons. The van der Waals surface area contributed by atoms with Crippen molar-refractivity contribution < 1.29 is 80.2 Å². The van der Waals surface area contributed by atoms with Gasteiger partial charge in [0.25, 0.3) is 0 Å². The Morgan fingerprint density at radius 2 is 1.29 bits per heavy atom. The Balaban J connectivity index is 1.18. The number of rotatable bonds is 10. The van der Waals surface area contributed by atoms with Gasteiger partial charge < -0.3 is 69.5 Å². The quantitative estimate of drug-likeness (QED) is 0.190. The number of nitrogens with zero attached hydrogens (tertiary/aromatic N) is 9. The Labute approximate surface area is 639 Å². The number of hydrogen-bond acceptors (Lipinski definition) is 14. The summed E-state index contributed by atoms with van der Waals surface area (Å²) in [5.41, 5.74) is -1.47. The molecular weight excluding hydrogens is 1410 g/mol. The summed E-state index contributed by atoms with van der Waals surface area (Å²) >= 11 is 0. The molecule has 26 nitrogen and oxygen atoms in total. The number of nitrogens with one attached hydrogen (secondary N) is 3. The lowest BCUT2D eigenvalue weighted by molar-refractivity contribution is -0.161. The van der Waals surface area contributed by atoms with E-state index in [4.69, 9.17) is 9.47 Å². The van der Waals surface area contributed by atoms with Crippen molar-refractivity contribution in [1.82, 2.24) is 60.0 Å². The van der Waals surface area contributed by atoms with Crippen molar-refractivity contribution in [3.8, 4) is 5.75 Å². The molecule has 2 aromatic rings. The van der Waals surface area contributed by atoms with Crippen molar-refractivity contribution in [3.05, 3.63) is 76.9 Å². The lowest BCUT2D eigenvalue weighted by Crippen LogP contribution is -2.71. The monoisotopic (exact) mass is 1520 g/mol. The molecule has 1 spiro atoms.